The van der Waals surface area contributed by atoms with Crippen LogP contribution in [0, 0.1) is 11.3 Å². The van der Waals surface area contributed by atoms with Gasteiger partial charge in [0.05, 0.1) is 17.0 Å². The van der Waals surface area contributed by atoms with Crippen LogP contribution in [0.25, 0.3) is 0 Å². The fourth-order valence-corrected chi connectivity index (χ4v) is 6.93. The Balaban J connectivity index is 1.33. The first kappa shape index (κ1) is 32.8. The molecule has 10 nitrogen and oxygen atoms in total. The van der Waals surface area contributed by atoms with Gasteiger partial charge in [-0.05, 0) is 76.6 Å². The molecule has 0 bridgehead atoms. The largest absolute Gasteiger partial charge is 0.476 e. The Morgan fingerprint density at radius 3 is 2.67 bits per heavy atom. The van der Waals surface area contributed by atoms with Crippen molar-refractivity contribution >= 4 is 29.1 Å². The number of anilines is 2. The van der Waals surface area contributed by atoms with Crippen molar-refractivity contribution < 1.29 is 23.9 Å². The molecule has 2 heterocycles. The van der Waals surface area contributed by atoms with Gasteiger partial charge in [0.2, 0.25) is 11.8 Å². The summed E-state index contributed by atoms with van der Waals surface area (Å²) in [5.41, 5.74) is 6.79. The van der Waals surface area contributed by atoms with E-state index in [4.69, 9.17) is 15.2 Å². The van der Waals surface area contributed by atoms with E-state index in [1.165, 1.54) is 0 Å². The number of nitrogens with zero attached hydrogens (tertiary/aromatic N) is 2. The maximum atomic E-state index is 14.2. The van der Waals surface area contributed by atoms with Gasteiger partial charge >= 0.3 is 0 Å². The third-order valence-electron chi connectivity index (χ3n) is 9.52. The van der Waals surface area contributed by atoms with Crippen LogP contribution in [0.4, 0.5) is 11.4 Å². The lowest BCUT2D eigenvalue weighted by molar-refractivity contribution is -0.132. The molecule has 5 rings (SSSR count). The lowest BCUT2D eigenvalue weighted by Gasteiger charge is -2.40. The van der Waals surface area contributed by atoms with Crippen molar-refractivity contribution in [3.63, 3.8) is 0 Å². The van der Waals surface area contributed by atoms with Crippen molar-refractivity contribution in [1.82, 2.24) is 10.6 Å². The number of rotatable bonds is 12. The van der Waals surface area contributed by atoms with E-state index < -0.39 is 11.0 Å². The molecule has 244 valence electrons. The highest BCUT2D eigenvalue weighted by Gasteiger charge is 2.46. The first-order valence-corrected chi connectivity index (χ1v) is 16.4. The molecule has 0 unspecified atom stereocenters. The van der Waals surface area contributed by atoms with Crippen molar-refractivity contribution in [1.29, 1.82) is 0 Å². The summed E-state index contributed by atoms with van der Waals surface area (Å²) in [6, 6.07) is 5.63. The Morgan fingerprint density at radius 1 is 1.22 bits per heavy atom. The summed E-state index contributed by atoms with van der Waals surface area (Å²) in [4.78, 5) is 45.0. The number of fused-ring (bicyclic) bond motifs is 1. The number of amides is 3. The minimum Gasteiger partial charge on any atom is -0.476 e. The first-order valence-electron chi connectivity index (χ1n) is 16.4. The predicted molar refractivity (Wildman–Crippen MR) is 176 cm³/mol. The number of benzene rings is 1. The molecule has 2 saturated carbocycles. The summed E-state index contributed by atoms with van der Waals surface area (Å²) in [6.45, 7) is 9.42. The van der Waals surface area contributed by atoms with Crippen molar-refractivity contribution in [2.75, 3.05) is 43.2 Å². The highest BCUT2D eigenvalue weighted by molar-refractivity contribution is 6.04. The SMILES string of the molecule is C=C/C=C\C=C(/N)C1(C(=O)N[C@@H]2CNC[C@H](C(=O)N(c3ccc4c(c3)N(CCCOC)C(=O)C(C)(C)O4)C3CC3)C2)CCCC1. The minimum atomic E-state index is -0.985. The fourth-order valence-electron chi connectivity index (χ4n) is 6.93. The summed E-state index contributed by atoms with van der Waals surface area (Å²) in [5, 5.41) is 6.65. The van der Waals surface area contributed by atoms with Crippen LogP contribution < -0.4 is 30.9 Å². The lowest BCUT2D eigenvalue weighted by atomic mass is 9.80. The van der Waals surface area contributed by atoms with E-state index in [9.17, 15) is 14.4 Å². The number of carbonyl (C=O) groups is 3. The van der Waals surface area contributed by atoms with Crippen molar-refractivity contribution in [2.45, 2.75) is 82.9 Å². The van der Waals surface area contributed by atoms with Gasteiger partial charge in [0.25, 0.3) is 5.91 Å². The van der Waals surface area contributed by atoms with Gasteiger partial charge in [-0.15, -0.1) is 0 Å². The van der Waals surface area contributed by atoms with Crippen LogP contribution in [-0.4, -0.2) is 68.8 Å². The summed E-state index contributed by atoms with van der Waals surface area (Å²) >= 11 is 0. The number of ether oxygens (including phenoxy) is 2. The number of allylic oxidation sites excluding steroid dienone is 4. The molecule has 1 aromatic rings. The van der Waals surface area contributed by atoms with E-state index in [0.29, 0.717) is 69.1 Å². The highest BCUT2D eigenvalue weighted by atomic mass is 16.5. The average Bonchev–Trinajstić information content (AvgIpc) is 3.72. The van der Waals surface area contributed by atoms with Gasteiger partial charge in [-0.25, -0.2) is 0 Å². The molecule has 1 aromatic carbocycles. The molecular weight excluding hydrogens is 570 g/mol. The Labute approximate surface area is 267 Å². The van der Waals surface area contributed by atoms with Gasteiger partial charge in [0, 0.05) is 56.8 Å². The molecule has 0 spiro atoms. The van der Waals surface area contributed by atoms with Crippen LogP contribution in [0.1, 0.15) is 65.2 Å². The normalized spacial score (nSPS) is 24.2. The van der Waals surface area contributed by atoms with Gasteiger partial charge in [-0.2, -0.15) is 0 Å². The number of piperidine rings is 1. The second kappa shape index (κ2) is 13.8. The summed E-state index contributed by atoms with van der Waals surface area (Å²) in [5.74, 6) is 0.173. The summed E-state index contributed by atoms with van der Waals surface area (Å²) in [7, 11) is 1.65. The number of methoxy groups -OCH3 is 1. The maximum absolute atomic E-state index is 14.2. The first-order chi connectivity index (χ1) is 21.6. The Bertz CT molecular complexity index is 1340. The monoisotopic (exact) mass is 619 g/mol. The highest BCUT2D eigenvalue weighted by Crippen LogP contribution is 2.44. The molecule has 2 atom stereocenters. The Morgan fingerprint density at radius 2 is 1.98 bits per heavy atom. The number of hydrogen-bond acceptors (Lipinski definition) is 7. The molecule has 45 heavy (non-hydrogen) atoms. The zero-order chi connectivity index (χ0) is 32.2. The molecule has 2 aliphatic carbocycles. The number of hydrogen-bond donors (Lipinski definition) is 3. The molecule has 0 radical (unpaired) electrons. The van der Waals surface area contributed by atoms with Gasteiger partial charge in [0.1, 0.15) is 5.75 Å². The number of nitrogens with two attached hydrogens (primary N) is 1. The molecule has 1 saturated heterocycles. The standard InChI is InChI=1S/C35H49N5O5/c1-5-6-7-11-30(36)35(16-8-9-17-35)32(42)38-25-20-24(22-37-23-25)31(41)40(26-12-13-26)27-14-15-29-28(21-27)39(18-10-19-44-4)33(43)34(2,3)45-29/h5-7,11,14-15,21,24-26,37H,1,8-10,12-13,16-20,22-23,36H2,2-4H3,(H,38,42)/b7-6-,30-11-/t24-,25+/m1/s1. The smallest absolute Gasteiger partial charge is 0.270 e. The van der Waals surface area contributed by atoms with Crippen LogP contribution in [0.2, 0.25) is 0 Å². The molecule has 4 aliphatic rings. The van der Waals surface area contributed by atoms with E-state index in [-0.39, 0.29) is 35.7 Å². The molecule has 4 N–H and O–H groups in total. The quantitative estimate of drug-likeness (QED) is 0.239. The molecule has 3 amide bonds. The zero-order valence-corrected chi connectivity index (χ0v) is 27.0. The van der Waals surface area contributed by atoms with E-state index >= 15 is 0 Å². The van der Waals surface area contributed by atoms with Gasteiger partial charge < -0.3 is 35.6 Å². The Kier molecular flexibility index (Phi) is 10.0. The third kappa shape index (κ3) is 6.97. The number of nitrogens with one attached hydrogen (secondary N) is 2. The predicted octanol–water partition coefficient (Wildman–Crippen LogP) is 3.96. The van der Waals surface area contributed by atoms with Crippen molar-refractivity contribution in [3.8, 4) is 5.75 Å². The van der Waals surface area contributed by atoms with E-state index in [1.807, 2.05) is 35.3 Å². The van der Waals surface area contributed by atoms with E-state index in [2.05, 4.69) is 17.2 Å². The fraction of sp³-hybridized carbons (Fsp3) is 0.571. The topological polar surface area (TPSA) is 126 Å². The van der Waals surface area contributed by atoms with Crippen LogP contribution in [-0.2, 0) is 19.1 Å². The molecule has 3 fully saturated rings. The van der Waals surface area contributed by atoms with E-state index in [0.717, 1.165) is 31.4 Å². The summed E-state index contributed by atoms with van der Waals surface area (Å²) < 4.78 is 11.3. The van der Waals surface area contributed by atoms with Gasteiger partial charge in [-0.1, -0.05) is 37.6 Å². The molecule has 0 aromatic heterocycles. The molecule has 10 heteroatoms. The zero-order valence-electron chi connectivity index (χ0n) is 27.0. The third-order valence-corrected chi connectivity index (χ3v) is 9.52. The lowest BCUT2D eigenvalue weighted by Crippen LogP contribution is -2.56. The summed E-state index contributed by atoms with van der Waals surface area (Å²) in [6.07, 6.45) is 13.5. The Hall–Kier alpha value is -3.63. The molecular formula is C35H49N5O5. The maximum Gasteiger partial charge on any atom is 0.270 e. The van der Waals surface area contributed by atoms with Crippen LogP contribution >= 0.6 is 0 Å². The van der Waals surface area contributed by atoms with Gasteiger partial charge in [-0.3, -0.25) is 14.4 Å². The van der Waals surface area contributed by atoms with Crippen molar-refractivity contribution in [2.24, 2.45) is 17.1 Å². The second-order valence-electron chi connectivity index (χ2n) is 13.3. The van der Waals surface area contributed by atoms with Crippen LogP contribution in [0.3, 0.4) is 0 Å². The average molecular weight is 620 g/mol. The van der Waals surface area contributed by atoms with Crippen LogP contribution in [0.5, 0.6) is 5.75 Å². The van der Waals surface area contributed by atoms with Gasteiger partial charge in [0.15, 0.2) is 5.60 Å². The number of carbonyl (C=O) groups excluding carboxylic acids is 3. The minimum absolute atomic E-state index is 0.0303. The van der Waals surface area contributed by atoms with Crippen molar-refractivity contribution in [3.05, 3.63) is 54.8 Å². The molecule has 2 aliphatic heterocycles. The second-order valence-corrected chi connectivity index (χ2v) is 13.3. The van der Waals surface area contributed by atoms with E-state index in [1.54, 1.807) is 38.0 Å². The van der Waals surface area contributed by atoms with Crippen LogP contribution in [0.15, 0.2) is 54.8 Å².